The van der Waals surface area contributed by atoms with Crippen molar-refractivity contribution < 1.29 is 13.2 Å². The number of H-pyrrole nitrogens is 1. The molecule has 0 unspecified atom stereocenters. The van der Waals surface area contributed by atoms with E-state index in [0.717, 1.165) is 6.26 Å². The molecule has 8 heteroatoms. The van der Waals surface area contributed by atoms with Crippen molar-refractivity contribution in [3.05, 3.63) is 50.9 Å². The molecule has 21 heavy (non-hydrogen) atoms. The Morgan fingerprint density at radius 3 is 2.48 bits per heavy atom. The van der Waals surface area contributed by atoms with Gasteiger partial charge < -0.3 is 5.10 Å². The molecule has 0 amide bonds. The van der Waals surface area contributed by atoms with E-state index in [9.17, 15) is 18.0 Å². The first kappa shape index (κ1) is 15.5. The maximum absolute atomic E-state index is 12.3. The first-order valence-corrected chi connectivity index (χ1v) is 8.35. The molecule has 0 saturated carbocycles. The summed E-state index contributed by atoms with van der Waals surface area (Å²) in [5.74, 6) is -0.548. The number of nitrogens with zero attached hydrogens (tertiary/aromatic N) is 1. The molecule has 0 fully saturated rings. The number of benzene rings is 1. The Balaban J connectivity index is 2.49. The zero-order chi connectivity index (χ0) is 15.8. The van der Waals surface area contributed by atoms with Crippen LogP contribution in [0.3, 0.4) is 0 Å². The summed E-state index contributed by atoms with van der Waals surface area (Å²) in [7, 11) is -3.41. The molecule has 112 valence electrons. The minimum Gasteiger partial charge on any atom is -0.302 e. The number of aryl methyl sites for hydroxylation is 1. The van der Waals surface area contributed by atoms with Crippen LogP contribution < -0.4 is 5.56 Å². The Bertz CT molecular complexity index is 865. The molecule has 2 aromatic rings. The summed E-state index contributed by atoms with van der Waals surface area (Å²) in [5, 5.41) is 2.67. The van der Waals surface area contributed by atoms with Crippen LogP contribution in [-0.2, 0) is 16.4 Å². The fourth-order valence-electron chi connectivity index (χ4n) is 1.86. The fraction of sp³-hybridized carbons (Fsp3) is 0.231. The molecule has 6 nitrogen and oxygen atoms in total. The average Bonchev–Trinajstić information content (AvgIpc) is 2.78. The summed E-state index contributed by atoms with van der Waals surface area (Å²) in [4.78, 5) is 24.3. The lowest BCUT2D eigenvalue weighted by Crippen LogP contribution is -2.21. The number of ketones is 1. The van der Waals surface area contributed by atoms with E-state index in [-0.39, 0.29) is 21.0 Å². The van der Waals surface area contributed by atoms with Crippen molar-refractivity contribution in [2.24, 2.45) is 0 Å². The molecule has 0 atom stereocenters. The predicted octanol–water partition coefficient (Wildman–Crippen LogP) is 1.48. The van der Waals surface area contributed by atoms with Crippen molar-refractivity contribution in [3.63, 3.8) is 0 Å². The molecule has 0 saturated heterocycles. The number of sulfone groups is 1. The number of carbonyl (C=O) groups excluding carboxylic acids is 1. The van der Waals surface area contributed by atoms with E-state index < -0.39 is 21.2 Å². The minimum absolute atomic E-state index is 0.00780. The van der Waals surface area contributed by atoms with Crippen LogP contribution in [0.2, 0.25) is 5.02 Å². The smallest absolute Gasteiger partial charge is 0.277 e. The van der Waals surface area contributed by atoms with Crippen LogP contribution in [0.4, 0.5) is 0 Å². The summed E-state index contributed by atoms with van der Waals surface area (Å²) < 4.78 is 24.1. The Morgan fingerprint density at radius 1 is 1.33 bits per heavy atom. The van der Waals surface area contributed by atoms with E-state index in [1.54, 1.807) is 6.92 Å². The fourth-order valence-corrected chi connectivity index (χ4v) is 2.84. The first-order valence-electron chi connectivity index (χ1n) is 6.08. The molecule has 0 aliphatic carbocycles. The van der Waals surface area contributed by atoms with Gasteiger partial charge in [-0.1, -0.05) is 11.6 Å². The number of hydrogen-bond donors (Lipinski definition) is 1. The van der Waals surface area contributed by atoms with Gasteiger partial charge in [-0.15, -0.1) is 0 Å². The number of carbonyl (C=O) groups is 1. The zero-order valence-corrected chi connectivity index (χ0v) is 13.0. The lowest BCUT2D eigenvalue weighted by atomic mass is 10.1. The van der Waals surface area contributed by atoms with Crippen LogP contribution in [-0.4, -0.2) is 30.2 Å². The molecule has 0 spiro atoms. The van der Waals surface area contributed by atoms with Gasteiger partial charge in [0.25, 0.3) is 5.56 Å². The molecule has 2 rings (SSSR count). The Labute approximate surface area is 126 Å². The molecule has 1 heterocycles. The van der Waals surface area contributed by atoms with E-state index in [1.807, 2.05) is 0 Å². The third-order valence-corrected chi connectivity index (χ3v) is 4.44. The third kappa shape index (κ3) is 2.93. The largest absolute Gasteiger partial charge is 0.302 e. The van der Waals surface area contributed by atoms with Gasteiger partial charge in [-0.2, -0.15) is 0 Å². The molecule has 1 aromatic heterocycles. The number of nitrogens with one attached hydrogen (secondary N) is 1. The van der Waals surface area contributed by atoms with E-state index in [0.29, 0.717) is 6.54 Å². The van der Waals surface area contributed by atoms with Gasteiger partial charge in [0.1, 0.15) is 5.56 Å². The van der Waals surface area contributed by atoms with Gasteiger partial charge in [0.15, 0.2) is 9.84 Å². The molecule has 0 aliphatic rings. The molecule has 1 aromatic carbocycles. The van der Waals surface area contributed by atoms with Crippen molar-refractivity contribution in [1.82, 2.24) is 9.78 Å². The van der Waals surface area contributed by atoms with Gasteiger partial charge in [0.05, 0.1) is 9.92 Å². The van der Waals surface area contributed by atoms with E-state index in [2.05, 4.69) is 5.10 Å². The maximum atomic E-state index is 12.3. The van der Waals surface area contributed by atoms with Crippen LogP contribution in [0.1, 0.15) is 22.8 Å². The summed E-state index contributed by atoms with van der Waals surface area (Å²) >= 11 is 5.97. The number of hydrogen-bond acceptors (Lipinski definition) is 4. The second kappa shape index (κ2) is 5.50. The normalized spacial score (nSPS) is 11.6. The number of aromatic amines is 1. The summed E-state index contributed by atoms with van der Waals surface area (Å²) in [6.45, 7) is 2.17. The first-order chi connectivity index (χ1) is 9.75. The number of halogens is 1. The molecule has 1 N–H and O–H groups in total. The third-order valence-electron chi connectivity index (χ3n) is 3.01. The highest BCUT2D eigenvalue weighted by atomic mass is 35.5. The zero-order valence-electron chi connectivity index (χ0n) is 11.4. The highest BCUT2D eigenvalue weighted by Gasteiger charge is 2.20. The highest BCUT2D eigenvalue weighted by Crippen LogP contribution is 2.22. The monoisotopic (exact) mass is 328 g/mol. The SMILES string of the molecule is CCn1[nH]cc(C(=O)c2ccc(S(C)(=O)=O)cc2Cl)c1=O. The molecule has 0 bridgehead atoms. The Morgan fingerprint density at radius 2 is 2.00 bits per heavy atom. The topological polar surface area (TPSA) is 89.0 Å². The maximum Gasteiger partial charge on any atom is 0.277 e. The Hall–Kier alpha value is -1.86. The van der Waals surface area contributed by atoms with Gasteiger partial charge in [0.2, 0.25) is 5.78 Å². The quantitative estimate of drug-likeness (QED) is 0.861. The van der Waals surface area contributed by atoms with Crippen LogP contribution in [0.15, 0.2) is 34.1 Å². The van der Waals surface area contributed by atoms with Gasteiger partial charge in [-0.05, 0) is 25.1 Å². The molecular formula is C13H13ClN2O4S. The van der Waals surface area contributed by atoms with E-state index in [4.69, 9.17) is 11.6 Å². The van der Waals surface area contributed by atoms with Crippen LogP contribution in [0.25, 0.3) is 0 Å². The van der Waals surface area contributed by atoms with Crippen LogP contribution in [0.5, 0.6) is 0 Å². The molecule has 0 aliphatic heterocycles. The molecule has 0 radical (unpaired) electrons. The van der Waals surface area contributed by atoms with Crippen molar-refractivity contribution in [2.45, 2.75) is 18.4 Å². The number of aromatic nitrogens is 2. The number of rotatable bonds is 4. The standard InChI is InChI=1S/C13H13ClN2O4S/c1-3-16-13(18)10(7-15-16)12(17)9-5-4-8(6-11(9)14)21(2,19)20/h4-7,15H,3H2,1-2H3. The van der Waals surface area contributed by atoms with Gasteiger partial charge in [-0.3, -0.25) is 14.3 Å². The second-order valence-electron chi connectivity index (χ2n) is 4.48. The minimum atomic E-state index is -3.41. The Kier molecular flexibility index (Phi) is 4.06. The van der Waals surface area contributed by atoms with Crippen molar-refractivity contribution in [2.75, 3.05) is 6.26 Å². The average molecular weight is 329 g/mol. The van der Waals surface area contributed by atoms with Crippen molar-refractivity contribution >= 4 is 27.2 Å². The predicted molar refractivity (Wildman–Crippen MR) is 78.7 cm³/mol. The van der Waals surface area contributed by atoms with Crippen LogP contribution in [0, 0.1) is 0 Å². The van der Waals surface area contributed by atoms with E-state index in [1.165, 1.54) is 29.1 Å². The summed E-state index contributed by atoms with van der Waals surface area (Å²) in [5.41, 5.74) is -0.389. The van der Waals surface area contributed by atoms with Gasteiger partial charge in [0, 0.05) is 24.6 Å². The summed E-state index contributed by atoms with van der Waals surface area (Å²) in [6, 6.07) is 3.80. The highest BCUT2D eigenvalue weighted by molar-refractivity contribution is 7.90. The summed E-state index contributed by atoms with van der Waals surface area (Å²) in [6.07, 6.45) is 2.36. The van der Waals surface area contributed by atoms with Crippen LogP contribution >= 0.6 is 11.6 Å². The van der Waals surface area contributed by atoms with Gasteiger partial charge in [-0.25, -0.2) is 8.42 Å². The van der Waals surface area contributed by atoms with Crippen molar-refractivity contribution in [3.8, 4) is 0 Å². The molecular weight excluding hydrogens is 316 g/mol. The van der Waals surface area contributed by atoms with Gasteiger partial charge >= 0.3 is 0 Å². The lowest BCUT2D eigenvalue weighted by Gasteiger charge is -2.04. The van der Waals surface area contributed by atoms with Crippen molar-refractivity contribution in [1.29, 1.82) is 0 Å². The lowest BCUT2D eigenvalue weighted by molar-refractivity contribution is 0.103. The van der Waals surface area contributed by atoms with E-state index >= 15 is 0 Å². The second-order valence-corrected chi connectivity index (χ2v) is 6.90.